The van der Waals surface area contributed by atoms with E-state index in [1.54, 1.807) is 0 Å². The second kappa shape index (κ2) is 13.5. The summed E-state index contributed by atoms with van der Waals surface area (Å²) >= 11 is 0. The largest absolute Gasteiger partial charge is 0.399 e. The lowest BCUT2D eigenvalue weighted by atomic mass is 9.90. The van der Waals surface area contributed by atoms with Crippen LogP contribution in [-0.2, 0) is 11.2 Å². The lowest BCUT2D eigenvalue weighted by molar-refractivity contribution is -0.121. The predicted octanol–water partition coefficient (Wildman–Crippen LogP) is 5.07. The number of halogens is 2. The number of carbonyl (C=O) groups excluding carboxylic acids is 1. The van der Waals surface area contributed by atoms with E-state index in [9.17, 15) is 4.79 Å². The number of hydrogen-bond acceptors (Lipinski definition) is 3. The summed E-state index contributed by atoms with van der Waals surface area (Å²) < 4.78 is 0. The molecule has 0 spiro atoms. The molecule has 0 aliphatic carbocycles. The minimum atomic E-state index is -0.114. The van der Waals surface area contributed by atoms with Crippen molar-refractivity contribution >= 4 is 36.4 Å². The van der Waals surface area contributed by atoms with Gasteiger partial charge in [0.05, 0.1) is 0 Å². The molecule has 0 radical (unpaired) electrons. The van der Waals surface area contributed by atoms with Crippen molar-refractivity contribution in [3.8, 4) is 0 Å². The van der Waals surface area contributed by atoms with Crippen LogP contribution in [0.25, 0.3) is 0 Å². The first-order valence-corrected chi connectivity index (χ1v) is 9.92. The molecule has 2 aromatic carbocycles. The van der Waals surface area contributed by atoms with Gasteiger partial charge in [0.15, 0.2) is 0 Å². The van der Waals surface area contributed by atoms with E-state index in [2.05, 4.69) is 55.7 Å². The van der Waals surface area contributed by atoms with Gasteiger partial charge in [-0.05, 0) is 43.4 Å². The van der Waals surface area contributed by atoms with Crippen LogP contribution in [0.1, 0.15) is 57.2 Å². The van der Waals surface area contributed by atoms with Crippen LogP contribution in [0.2, 0.25) is 0 Å². The normalized spacial score (nSPS) is 11.7. The third kappa shape index (κ3) is 8.25. The maximum absolute atomic E-state index is 12.4. The van der Waals surface area contributed by atoms with Gasteiger partial charge in [-0.1, -0.05) is 62.4 Å². The number of para-hydroxylation sites is 1. The molecule has 4 N–H and O–H groups in total. The number of rotatable bonds is 10. The summed E-state index contributed by atoms with van der Waals surface area (Å²) in [6.07, 6.45) is 3.02. The van der Waals surface area contributed by atoms with Crippen LogP contribution in [0.4, 0.5) is 5.69 Å². The zero-order chi connectivity index (χ0) is 19.7. The minimum absolute atomic E-state index is 0. The van der Waals surface area contributed by atoms with Crippen molar-refractivity contribution < 1.29 is 4.79 Å². The molecule has 2 aromatic rings. The standard InChI is InChI=1S/C23H33N3O.2ClH/c1-4-23(5-2,26-18(3)19-11-7-6-8-12-19)17-25-22(27)16-15-20-13-9-10-14-21(20)24;;/h6-14,18,26H,4-5,15-17,24H2,1-3H3,(H,25,27);2*1H. The van der Waals surface area contributed by atoms with Crippen LogP contribution >= 0.6 is 24.8 Å². The van der Waals surface area contributed by atoms with Gasteiger partial charge in [-0.15, -0.1) is 24.8 Å². The molecule has 29 heavy (non-hydrogen) atoms. The minimum Gasteiger partial charge on any atom is -0.399 e. The highest BCUT2D eigenvalue weighted by Crippen LogP contribution is 2.21. The smallest absolute Gasteiger partial charge is 0.220 e. The fourth-order valence-corrected chi connectivity index (χ4v) is 3.41. The van der Waals surface area contributed by atoms with Crippen molar-refractivity contribution in [2.24, 2.45) is 0 Å². The van der Waals surface area contributed by atoms with Crippen LogP contribution in [0, 0.1) is 0 Å². The third-order valence-electron chi connectivity index (χ3n) is 5.48. The highest BCUT2D eigenvalue weighted by Gasteiger charge is 2.28. The Bertz CT molecular complexity index is 721. The molecule has 0 fully saturated rings. The van der Waals surface area contributed by atoms with Gasteiger partial charge >= 0.3 is 0 Å². The van der Waals surface area contributed by atoms with E-state index in [0.717, 1.165) is 24.1 Å². The quantitative estimate of drug-likeness (QED) is 0.452. The average Bonchev–Trinajstić information content (AvgIpc) is 2.71. The van der Waals surface area contributed by atoms with Crippen LogP contribution in [0.15, 0.2) is 54.6 Å². The number of anilines is 1. The van der Waals surface area contributed by atoms with Gasteiger partial charge in [-0.25, -0.2) is 0 Å². The number of aryl methyl sites for hydroxylation is 1. The van der Waals surface area contributed by atoms with Crippen LogP contribution in [0.3, 0.4) is 0 Å². The molecule has 6 heteroatoms. The maximum Gasteiger partial charge on any atom is 0.220 e. The molecular formula is C23H35Cl2N3O. The Labute approximate surface area is 187 Å². The Morgan fingerprint density at radius 3 is 2.17 bits per heavy atom. The maximum atomic E-state index is 12.4. The fourth-order valence-electron chi connectivity index (χ4n) is 3.41. The molecule has 1 amide bonds. The topological polar surface area (TPSA) is 67.2 Å². The van der Waals surface area contributed by atoms with Gasteiger partial charge in [0.1, 0.15) is 0 Å². The lowest BCUT2D eigenvalue weighted by Crippen LogP contribution is -2.53. The van der Waals surface area contributed by atoms with Crippen LogP contribution in [0.5, 0.6) is 0 Å². The Morgan fingerprint density at radius 2 is 1.59 bits per heavy atom. The molecule has 0 aliphatic heterocycles. The molecule has 0 heterocycles. The summed E-state index contributed by atoms with van der Waals surface area (Å²) in [6, 6.07) is 18.4. The van der Waals surface area contributed by atoms with Gasteiger partial charge in [-0.2, -0.15) is 0 Å². The van der Waals surface area contributed by atoms with Crippen molar-refractivity contribution in [2.45, 2.75) is 58.0 Å². The zero-order valence-corrected chi connectivity index (χ0v) is 19.2. The SMILES string of the molecule is CCC(CC)(CNC(=O)CCc1ccccc1N)NC(C)c1ccccc1.Cl.Cl. The molecule has 0 saturated heterocycles. The number of nitrogens with one attached hydrogen (secondary N) is 2. The van der Waals surface area contributed by atoms with Gasteiger partial charge in [-0.3, -0.25) is 4.79 Å². The monoisotopic (exact) mass is 439 g/mol. The number of carbonyl (C=O) groups is 1. The Hall–Kier alpha value is -1.75. The number of nitrogens with two attached hydrogens (primary N) is 1. The van der Waals surface area contributed by atoms with Crippen LogP contribution in [-0.4, -0.2) is 18.0 Å². The molecule has 162 valence electrons. The fraction of sp³-hybridized carbons (Fsp3) is 0.435. The van der Waals surface area contributed by atoms with E-state index < -0.39 is 0 Å². The predicted molar refractivity (Wildman–Crippen MR) is 128 cm³/mol. The van der Waals surface area contributed by atoms with Gasteiger partial charge in [0.25, 0.3) is 0 Å². The van der Waals surface area contributed by atoms with E-state index in [4.69, 9.17) is 5.73 Å². The first kappa shape index (κ1) is 27.2. The van der Waals surface area contributed by atoms with Gasteiger partial charge in [0, 0.05) is 30.2 Å². The average molecular weight is 440 g/mol. The molecular weight excluding hydrogens is 405 g/mol. The lowest BCUT2D eigenvalue weighted by Gasteiger charge is -2.36. The molecule has 0 bridgehead atoms. The van der Waals surface area contributed by atoms with E-state index in [1.807, 2.05) is 30.3 Å². The molecule has 0 aromatic heterocycles. The van der Waals surface area contributed by atoms with Gasteiger partial charge in [0.2, 0.25) is 5.91 Å². The molecule has 0 aliphatic rings. The van der Waals surface area contributed by atoms with Crippen molar-refractivity contribution in [1.29, 1.82) is 0 Å². The summed E-state index contributed by atoms with van der Waals surface area (Å²) in [4.78, 5) is 12.4. The summed E-state index contributed by atoms with van der Waals surface area (Å²) in [5.41, 5.74) is 8.88. The third-order valence-corrected chi connectivity index (χ3v) is 5.48. The molecule has 1 atom stereocenters. The van der Waals surface area contributed by atoms with Crippen molar-refractivity contribution in [3.63, 3.8) is 0 Å². The zero-order valence-electron chi connectivity index (χ0n) is 17.6. The van der Waals surface area contributed by atoms with E-state index >= 15 is 0 Å². The summed E-state index contributed by atoms with van der Waals surface area (Å²) in [6.45, 7) is 7.14. The van der Waals surface area contributed by atoms with Crippen molar-refractivity contribution in [1.82, 2.24) is 10.6 Å². The Balaban J connectivity index is 0.00000392. The Morgan fingerprint density at radius 1 is 1.00 bits per heavy atom. The summed E-state index contributed by atoms with van der Waals surface area (Å²) in [5, 5.41) is 6.88. The molecule has 2 rings (SSSR count). The molecule has 4 nitrogen and oxygen atoms in total. The first-order chi connectivity index (χ1) is 13.0. The second-order valence-electron chi connectivity index (χ2n) is 7.24. The highest BCUT2D eigenvalue weighted by atomic mass is 35.5. The van der Waals surface area contributed by atoms with Gasteiger partial charge < -0.3 is 16.4 Å². The van der Waals surface area contributed by atoms with E-state index in [0.29, 0.717) is 19.4 Å². The Kier molecular flexibility index (Phi) is 12.7. The van der Waals surface area contributed by atoms with Crippen molar-refractivity contribution in [2.75, 3.05) is 12.3 Å². The first-order valence-electron chi connectivity index (χ1n) is 9.92. The molecule has 1 unspecified atom stereocenters. The number of hydrogen-bond donors (Lipinski definition) is 3. The number of benzene rings is 2. The summed E-state index contributed by atoms with van der Waals surface area (Å²) in [5.74, 6) is 0.0682. The number of amides is 1. The number of nitrogen functional groups attached to an aromatic ring is 1. The molecule has 0 saturated carbocycles. The van der Waals surface area contributed by atoms with E-state index in [-0.39, 0.29) is 42.3 Å². The highest BCUT2D eigenvalue weighted by molar-refractivity contribution is 5.85. The second-order valence-corrected chi connectivity index (χ2v) is 7.24. The van der Waals surface area contributed by atoms with Crippen LogP contribution < -0.4 is 16.4 Å². The summed E-state index contributed by atoms with van der Waals surface area (Å²) in [7, 11) is 0. The van der Waals surface area contributed by atoms with E-state index in [1.165, 1.54) is 5.56 Å². The van der Waals surface area contributed by atoms with Crippen molar-refractivity contribution in [3.05, 3.63) is 65.7 Å².